The Morgan fingerprint density at radius 2 is 1.80 bits per heavy atom. The molecule has 1 amide bonds. The number of carbonyl (C=O) groups excluding carboxylic acids is 1. The first kappa shape index (κ1) is 15.7. The molecule has 0 radical (unpaired) electrons. The number of nitrogens with zero attached hydrogens (tertiary/aromatic N) is 1. The number of hydrogen-bond donors (Lipinski definition) is 2. The molecule has 7 heteroatoms. The van der Waals surface area contributed by atoms with Crippen LogP contribution < -0.4 is 10.0 Å². The van der Waals surface area contributed by atoms with Gasteiger partial charge in [-0.25, -0.2) is 13.1 Å². The maximum absolute atomic E-state index is 12.4. The topological polar surface area (TPSA) is 78.5 Å². The largest absolute Gasteiger partial charge is 0.342 e. The van der Waals surface area contributed by atoms with Crippen LogP contribution in [0.15, 0.2) is 0 Å². The summed E-state index contributed by atoms with van der Waals surface area (Å²) in [5.41, 5.74) is 0. The van der Waals surface area contributed by atoms with E-state index in [0.29, 0.717) is 13.1 Å². The van der Waals surface area contributed by atoms with E-state index in [4.69, 9.17) is 0 Å². The molecule has 0 spiro atoms. The lowest BCUT2D eigenvalue weighted by molar-refractivity contribution is -0.137. The lowest BCUT2D eigenvalue weighted by Crippen LogP contribution is -2.49. The van der Waals surface area contributed by atoms with E-state index in [0.717, 1.165) is 38.8 Å². The van der Waals surface area contributed by atoms with E-state index >= 15 is 0 Å². The average molecular weight is 303 g/mol. The fourth-order valence-corrected chi connectivity index (χ4v) is 3.79. The molecule has 2 N–H and O–H groups in total. The first-order valence-electron chi connectivity index (χ1n) is 7.51. The summed E-state index contributed by atoms with van der Waals surface area (Å²) < 4.78 is 25.8. The highest BCUT2D eigenvalue weighted by atomic mass is 32.2. The van der Waals surface area contributed by atoms with Crippen molar-refractivity contribution in [1.82, 2.24) is 14.9 Å². The van der Waals surface area contributed by atoms with Crippen molar-refractivity contribution >= 4 is 15.9 Å². The Morgan fingerprint density at radius 1 is 1.20 bits per heavy atom. The van der Waals surface area contributed by atoms with Gasteiger partial charge in [-0.15, -0.1) is 0 Å². The van der Waals surface area contributed by atoms with Gasteiger partial charge in [0.1, 0.15) is 0 Å². The van der Waals surface area contributed by atoms with E-state index in [-0.39, 0.29) is 23.6 Å². The minimum absolute atomic E-state index is 0.0166. The Bertz CT molecular complexity index is 424. The molecule has 2 fully saturated rings. The van der Waals surface area contributed by atoms with Crippen LogP contribution in [0.2, 0.25) is 0 Å². The van der Waals surface area contributed by atoms with Crippen molar-refractivity contribution in [1.29, 1.82) is 0 Å². The summed E-state index contributed by atoms with van der Waals surface area (Å²) in [5.74, 6) is 0.518. The molecule has 6 nitrogen and oxygen atoms in total. The van der Waals surface area contributed by atoms with Crippen molar-refractivity contribution < 1.29 is 13.2 Å². The first-order valence-corrected chi connectivity index (χ1v) is 9.16. The van der Waals surface area contributed by atoms with Crippen LogP contribution in [-0.4, -0.2) is 57.2 Å². The molecule has 2 rings (SSSR count). The van der Waals surface area contributed by atoms with Crippen LogP contribution in [0.3, 0.4) is 0 Å². The van der Waals surface area contributed by atoms with Gasteiger partial charge in [-0.05, 0) is 45.7 Å². The first-order chi connectivity index (χ1) is 9.52. The van der Waals surface area contributed by atoms with E-state index in [2.05, 4.69) is 10.0 Å². The summed E-state index contributed by atoms with van der Waals surface area (Å²) in [6, 6.07) is -0.0166. The van der Waals surface area contributed by atoms with Gasteiger partial charge in [0.25, 0.3) is 0 Å². The summed E-state index contributed by atoms with van der Waals surface area (Å²) in [7, 11) is -3.14. The third-order valence-corrected chi connectivity index (χ3v) is 5.67. The third kappa shape index (κ3) is 4.17. The maximum Gasteiger partial charge on any atom is 0.225 e. The van der Waals surface area contributed by atoms with Crippen LogP contribution in [0.5, 0.6) is 0 Å². The van der Waals surface area contributed by atoms with Crippen LogP contribution in [0.1, 0.15) is 32.6 Å². The molecule has 0 aromatic carbocycles. The average Bonchev–Trinajstić information content (AvgIpc) is 2.48. The summed E-state index contributed by atoms with van der Waals surface area (Å²) in [4.78, 5) is 14.3. The lowest BCUT2D eigenvalue weighted by atomic mass is 9.95. The quantitative estimate of drug-likeness (QED) is 0.761. The highest BCUT2D eigenvalue weighted by Gasteiger charge is 2.29. The van der Waals surface area contributed by atoms with Crippen LogP contribution in [-0.2, 0) is 14.8 Å². The molecule has 0 saturated carbocycles. The molecule has 116 valence electrons. The number of piperidine rings is 2. The van der Waals surface area contributed by atoms with E-state index in [1.165, 1.54) is 0 Å². The van der Waals surface area contributed by atoms with Gasteiger partial charge in [0.05, 0.1) is 5.75 Å². The Kier molecular flexibility index (Phi) is 5.40. The molecule has 0 aliphatic carbocycles. The molecule has 0 unspecified atom stereocenters. The van der Waals surface area contributed by atoms with Crippen LogP contribution in [0, 0.1) is 5.92 Å². The van der Waals surface area contributed by atoms with E-state index in [9.17, 15) is 13.2 Å². The number of carbonyl (C=O) groups is 1. The van der Waals surface area contributed by atoms with Crippen LogP contribution in [0.25, 0.3) is 0 Å². The number of rotatable bonds is 4. The Labute approximate surface area is 121 Å². The number of likely N-dealkylation sites (tertiary alicyclic amines) is 1. The fourth-order valence-electron chi connectivity index (χ4n) is 2.88. The molecule has 2 heterocycles. The van der Waals surface area contributed by atoms with E-state index < -0.39 is 10.0 Å². The van der Waals surface area contributed by atoms with Gasteiger partial charge >= 0.3 is 0 Å². The van der Waals surface area contributed by atoms with Gasteiger partial charge < -0.3 is 10.2 Å². The molecule has 0 aromatic heterocycles. The molecule has 0 atom stereocenters. The molecule has 0 aromatic rings. The minimum atomic E-state index is -3.14. The zero-order chi connectivity index (χ0) is 14.6. The second kappa shape index (κ2) is 6.87. The number of sulfonamides is 1. The molecule has 2 aliphatic rings. The number of amides is 1. The molecule has 2 aliphatic heterocycles. The third-order valence-electron chi connectivity index (χ3n) is 4.22. The minimum Gasteiger partial charge on any atom is -0.342 e. The normalized spacial score (nSPS) is 22.9. The molecular formula is C13H25N3O3S. The fraction of sp³-hybridized carbons (Fsp3) is 0.923. The number of nitrogens with one attached hydrogen (secondary N) is 2. The van der Waals surface area contributed by atoms with Crippen molar-refractivity contribution in [2.45, 2.75) is 38.6 Å². The molecule has 0 bridgehead atoms. The van der Waals surface area contributed by atoms with Gasteiger partial charge in [0, 0.05) is 25.0 Å². The maximum atomic E-state index is 12.4. The highest BCUT2D eigenvalue weighted by molar-refractivity contribution is 7.89. The Hall–Kier alpha value is -0.660. The van der Waals surface area contributed by atoms with Crippen LogP contribution >= 0.6 is 0 Å². The number of hydrogen-bond acceptors (Lipinski definition) is 4. The summed E-state index contributed by atoms with van der Waals surface area (Å²) in [5, 5.41) is 3.26. The molecule has 20 heavy (non-hydrogen) atoms. The van der Waals surface area contributed by atoms with Gasteiger partial charge in [-0.1, -0.05) is 0 Å². The SMILES string of the molecule is CCS(=O)(=O)NC1CCN(C(=O)C2CCNCC2)CC1. The lowest BCUT2D eigenvalue weighted by Gasteiger charge is -2.35. The predicted molar refractivity (Wildman–Crippen MR) is 77.8 cm³/mol. The highest BCUT2D eigenvalue weighted by Crippen LogP contribution is 2.19. The van der Waals surface area contributed by atoms with E-state index in [1.807, 2.05) is 4.90 Å². The van der Waals surface area contributed by atoms with Crippen molar-refractivity contribution in [3.63, 3.8) is 0 Å². The second-order valence-corrected chi connectivity index (χ2v) is 7.69. The molecule has 2 saturated heterocycles. The van der Waals surface area contributed by atoms with Gasteiger partial charge in [0.15, 0.2) is 0 Å². The van der Waals surface area contributed by atoms with Gasteiger partial charge in [0.2, 0.25) is 15.9 Å². The van der Waals surface area contributed by atoms with Crippen LogP contribution in [0.4, 0.5) is 0 Å². The Morgan fingerprint density at radius 3 is 2.35 bits per heavy atom. The summed E-state index contributed by atoms with van der Waals surface area (Å²) in [6.45, 7) is 4.81. The van der Waals surface area contributed by atoms with E-state index in [1.54, 1.807) is 6.92 Å². The smallest absolute Gasteiger partial charge is 0.225 e. The summed E-state index contributed by atoms with van der Waals surface area (Å²) >= 11 is 0. The van der Waals surface area contributed by atoms with Gasteiger partial charge in [-0.3, -0.25) is 4.79 Å². The predicted octanol–water partition coefficient (Wildman–Crippen LogP) is -0.0837. The monoisotopic (exact) mass is 303 g/mol. The van der Waals surface area contributed by atoms with Crippen molar-refractivity contribution in [3.8, 4) is 0 Å². The zero-order valence-corrected chi connectivity index (χ0v) is 12.9. The second-order valence-electron chi connectivity index (χ2n) is 5.65. The standard InChI is InChI=1S/C13H25N3O3S/c1-2-20(18,19)15-12-5-9-16(10-6-12)13(17)11-3-7-14-8-4-11/h11-12,14-15H,2-10H2,1H3. The van der Waals surface area contributed by atoms with Gasteiger partial charge in [-0.2, -0.15) is 0 Å². The van der Waals surface area contributed by atoms with Crippen molar-refractivity contribution in [2.24, 2.45) is 5.92 Å². The Balaban J connectivity index is 1.80. The van der Waals surface area contributed by atoms with Crippen molar-refractivity contribution in [2.75, 3.05) is 31.9 Å². The van der Waals surface area contributed by atoms with Crippen molar-refractivity contribution in [3.05, 3.63) is 0 Å². The zero-order valence-electron chi connectivity index (χ0n) is 12.1. The summed E-state index contributed by atoms with van der Waals surface area (Å²) in [6.07, 6.45) is 3.27. The molecular weight excluding hydrogens is 278 g/mol.